The molecule has 2 rings (SSSR count). The summed E-state index contributed by atoms with van der Waals surface area (Å²) in [6.45, 7) is 3.27. The van der Waals surface area contributed by atoms with E-state index < -0.39 is 33.3 Å². The van der Waals surface area contributed by atoms with Crippen molar-refractivity contribution in [3.05, 3.63) is 29.8 Å². The Labute approximate surface area is 121 Å². The molecule has 0 unspecified atom stereocenters. The number of nitrogens with zero attached hydrogens (tertiary/aromatic N) is 1. The van der Waals surface area contributed by atoms with E-state index in [2.05, 4.69) is 0 Å². The van der Waals surface area contributed by atoms with Crippen LogP contribution in [0.2, 0.25) is 0 Å². The summed E-state index contributed by atoms with van der Waals surface area (Å²) in [5.41, 5.74) is 0.531. The number of hydrogen-bond acceptors (Lipinski definition) is 3. The predicted molar refractivity (Wildman–Crippen MR) is 63.3 cm³/mol. The van der Waals surface area contributed by atoms with E-state index in [9.17, 15) is 13.6 Å². The molecule has 1 heterocycles. The molecule has 1 fully saturated rings. The molecule has 1 aromatic carbocycles. The summed E-state index contributed by atoms with van der Waals surface area (Å²) in [4.78, 5) is 13.3. The third kappa shape index (κ3) is 4.02. The standard InChI is InChI=1S/C13H15F2INO2/c1-2-16-19-13(18)3-9-7-17(8-9)12-5-10(14)4-11(15)6-12/h4-6,9H,2-3,7-8H2,1H3/q-1. The SMILES string of the molecule is CC[I-]OC(=O)CC1CN(c2cc(F)cc(F)c2)C1. The van der Waals surface area contributed by atoms with Crippen LogP contribution < -0.4 is 26.5 Å². The monoisotopic (exact) mass is 382 g/mol. The summed E-state index contributed by atoms with van der Waals surface area (Å²) < 4.78 is 32.1. The third-order valence-electron chi connectivity index (χ3n) is 2.87. The van der Waals surface area contributed by atoms with Crippen LogP contribution in [0, 0.1) is 17.6 Å². The van der Waals surface area contributed by atoms with Crippen LogP contribution >= 0.6 is 0 Å². The first-order chi connectivity index (χ1) is 9.08. The Morgan fingerprint density at radius 1 is 1.37 bits per heavy atom. The number of alkyl halides is 1. The van der Waals surface area contributed by atoms with Crippen LogP contribution in [-0.2, 0) is 7.86 Å². The Morgan fingerprint density at radius 3 is 2.58 bits per heavy atom. The molecule has 0 spiro atoms. The van der Waals surface area contributed by atoms with Crippen LogP contribution in [0.5, 0.6) is 0 Å². The zero-order chi connectivity index (χ0) is 13.8. The molecular formula is C13H15F2INO2-. The Morgan fingerprint density at radius 2 is 2.00 bits per heavy atom. The van der Waals surface area contributed by atoms with Crippen molar-refractivity contribution in [3.63, 3.8) is 0 Å². The van der Waals surface area contributed by atoms with Crippen molar-refractivity contribution in [2.24, 2.45) is 5.92 Å². The predicted octanol–water partition coefficient (Wildman–Crippen LogP) is -0.642. The quantitative estimate of drug-likeness (QED) is 0.501. The van der Waals surface area contributed by atoms with Crippen LogP contribution in [0.3, 0.4) is 0 Å². The first-order valence-corrected chi connectivity index (χ1v) is 8.49. The van der Waals surface area contributed by atoms with Gasteiger partial charge in [0.1, 0.15) is 0 Å². The van der Waals surface area contributed by atoms with Gasteiger partial charge in [0, 0.05) is 0 Å². The van der Waals surface area contributed by atoms with Crippen LogP contribution in [0.25, 0.3) is 0 Å². The fourth-order valence-corrected chi connectivity index (χ4v) is 2.85. The van der Waals surface area contributed by atoms with Gasteiger partial charge in [-0.1, -0.05) is 0 Å². The molecule has 0 aliphatic carbocycles. The average Bonchev–Trinajstić information content (AvgIpc) is 2.29. The number of halogens is 3. The summed E-state index contributed by atoms with van der Waals surface area (Å²) >= 11 is -0.452. The van der Waals surface area contributed by atoms with Crippen LogP contribution in [0.1, 0.15) is 13.3 Å². The zero-order valence-corrected chi connectivity index (χ0v) is 12.7. The van der Waals surface area contributed by atoms with Gasteiger partial charge in [-0.15, -0.1) is 0 Å². The van der Waals surface area contributed by atoms with Gasteiger partial charge < -0.3 is 0 Å². The second-order valence-electron chi connectivity index (χ2n) is 4.43. The van der Waals surface area contributed by atoms with E-state index in [4.69, 9.17) is 3.07 Å². The molecule has 106 valence electrons. The summed E-state index contributed by atoms with van der Waals surface area (Å²) in [6.07, 6.45) is 0.397. The Hall–Kier alpha value is -0.920. The van der Waals surface area contributed by atoms with E-state index in [1.165, 1.54) is 12.1 Å². The second-order valence-corrected chi connectivity index (χ2v) is 7.02. The van der Waals surface area contributed by atoms with Crippen molar-refractivity contribution in [2.45, 2.75) is 13.3 Å². The Bertz CT molecular complexity index is 444. The van der Waals surface area contributed by atoms with Crippen molar-refractivity contribution in [2.75, 3.05) is 22.4 Å². The molecule has 0 atom stereocenters. The van der Waals surface area contributed by atoms with Crippen molar-refractivity contribution < 1.29 is 38.3 Å². The molecule has 1 aliphatic heterocycles. The third-order valence-corrected chi connectivity index (χ3v) is 4.30. The van der Waals surface area contributed by atoms with Crippen LogP contribution in [0.4, 0.5) is 14.5 Å². The van der Waals surface area contributed by atoms with Gasteiger partial charge in [0.15, 0.2) is 0 Å². The molecule has 0 saturated carbocycles. The van der Waals surface area contributed by atoms with E-state index in [1.807, 2.05) is 11.8 Å². The molecular weight excluding hydrogens is 367 g/mol. The molecule has 1 saturated heterocycles. The number of carbonyl (C=O) groups excluding carboxylic acids is 1. The molecule has 1 aliphatic rings. The van der Waals surface area contributed by atoms with Gasteiger partial charge in [-0.2, -0.15) is 0 Å². The van der Waals surface area contributed by atoms with Gasteiger partial charge >= 0.3 is 121 Å². The van der Waals surface area contributed by atoms with E-state index in [0.29, 0.717) is 25.2 Å². The molecule has 19 heavy (non-hydrogen) atoms. The summed E-state index contributed by atoms with van der Waals surface area (Å²) in [7, 11) is 0. The van der Waals surface area contributed by atoms with E-state index in [1.54, 1.807) is 0 Å². The number of rotatable bonds is 5. The maximum absolute atomic E-state index is 13.1. The van der Waals surface area contributed by atoms with Gasteiger partial charge in [-0.25, -0.2) is 0 Å². The maximum atomic E-state index is 13.1. The zero-order valence-electron chi connectivity index (χ0n) is 10.5. The molecule has 0 bridgehead atoms. The first kappa shape index (κ1) is 14.5. The molecule has 0 N–H and O–H groups in total. The number of benzene rings is 1. The topological polar surface area (TPSA) is 29.5 Å². The first-order valence-electron chi connectivity index (χ1n) is 6.08. The van der Waals surface area contributed by atoms with Gasteiger partial charge in [-0.3, -0.25) is 0 Å². The van der Waals surface area contributed by atoms with Gasteiger partial charge in [0.25, 0.3) is 0 Å². The van der Waals surface area contributed by atoms with E-state index in [-0.39, 0.29) is 11.9 Å². The minimum atomic E-state index is -0.578. The number of hydrogen-bond donors (Lipinski definition) is 0. The fourth-order valence-electron chi connectivity index (χ4n) is 2.01. The Balaban J connectivity index is 1.81. The van der Waals surface area contributed by atoms with Crippen molar-refractivity contribution in [1.82, 2.24) is 0 Å². The second kappa shape index (κ2) is 6.49. The van der Waals surface area contributed by atoms with E-state index >= 15 is 0 Å². The fraction of sp³-hybridized carbons (Fsp3) is 0.462. The van der Waals surface area contributed by atoms with Crippen LogP contribution in [-0.4, -0.2) is 23.5 Å². The van der Waals surface area contributed by atoms with Crippen molar-refractivity contribution in [3.8, 4) is 0 Å². The Kier molecular flexibility index (Phi) is 4.95. The van der Waals surface area contributed by atoms with Gasteiger partial charge in [0.05, 0.1) is 0 Å². The van der Waals surface area contributed by atoms with Gasteiger partial charge in [-0.05, 0) is 0 Å². The molecule has 6 heteroatoms. The van der Waals surface area contributed by atoms with Crippen LogP contribution in [0.15, 0.2) is 18.2 Å². The van der Waals surface area contributed by atoms with Crippen molar-refractivity contribution >= 4 is 11.7 Å². The summed E-state index contributed by atoms with van der Waals surface area (Å²) in [6, 6.07) is 3.47. The number of carbonyl (C=O) groups is 1. The minimum absolute atomic E-state index is 0.148. The molecule has 0 radical (unpaired) electrons. The number of anilines is 1. The molecule has 3 nitrogen and oxygen atoms in total. The van der Waals surface area contributed by atoms with Crippen molar-refractivity contribution in [1.29, 1.82) is 0 Å². The molecule has 0 amide bonds. The summed E-state index contributed by atoms with van der Waals surface area (Å²) in [5.74, 6) is -1.08. The van der Waals surface area contributed by atoms with E-state index in [0.717, 1.165) is 10.5 Å². The normalized spacial score (nSPS) is 15.4. The summed E-state index contributed by atoms with van der Waals surface area (Å²) in [5, 5.41) is 0. The molecule has 0 aromatic heterocycles. The molecule has 1 aromatic rings. The van der Waals surface area contributed by atoms with Gasteiger partial charge in [0.2, 0.25) is 0 Å². The average molecular weight is 382 g/mol.